The van der Waals surface area contributed by atoms with Crippen molar-refractivity contribution in [2.24, 2.45) is 5.41 Å². The van der Waals surface area contributed by atoms with Gasteiger partial charge in [0.1, 0.15) is 22.9 Å². The van der Waals surface area contributed by atoms with Crippen LogP contribution >= 0.6 is 0 Å². The lowest BCUT2D eigenvalue weighted by Gasteiger charge is -2.56. The first-order valence-electron chi connectivity index (χ1n) is 11.7. The van der Waals surface area contributed by atoms with Gasteiger partial charge in [-0.15, -0.1) is 6.58 Å². The molecule has 0 radical (unpaired) electrons. The highest BCUT2D eigenvalue weighted by atomic mass is 32.2. The van der Waals surface area contributed by atoms with Crippen LogP contribution in [0.25, 0.3) is 0 Å². The molecule has 4 fully saturated rings. The third-order valence-electron chi connectivity index (χ3n) is 7.58. The fraction of sp³-hybridized carbons (Fsp3) is 0.565. The summed E-state index contributed by atoms with van der Waals surface area (Å²) < 4.78 is 74.9. The van der Waals surface area contributed by atoms with E-state index in [0.29, 0.717) is 45.1 Å². The molecule has 0 bridgehead atoms. The third-order valence-corrected chi connectivity index (χ3v) is 9.52. The summed E-state index contributed by atoms with van der Waals surface area (Å²) in [6, 6.07) is 2.27. The van der Waals surface area contributed by atoms with Crippen molar-refractivity contribution in [1.82, 2.24) is 19.4 Å². The van der Waals surface area contributed by atoms with E-state index in [-0.39, 0.29) is 31.1 Å². The molecule has 1 aromatic rings. The topological polar surface area (TPSA) is 99.3 Å². The number of sulfonamides is 1. The van der Waals surface area contributed by atoms with Gasteiger partial charge in [0.25, 0.3) is 5.92 Å². The summed E-state index contributed by atoms with van der Waals surface area (Å²) in [5.74, 6) is -4.56. The Morgan fingerprint density at radius 1 is 1.17 bits per heavy atom. The maximum atomic E-state index is 14.6. The Labute approximate surface area is 206 Å². The standard InChI is InChI=1S/C23H27F3N4O5S/c1-2-5-23(25,26)16-3-4-18(17(24)10-16)36(33,34)30-8-6-21(7-9-30)11-28(12-21)20(32)29-13-22(14-29)15-35-19(31)27-22/h2-4,10H,1,5-9,11-15H2,(H,27,31). The predicted molar refractivity (Wildman–Crippen MR) is 121 cm³/mol. The number of alkyl halides is 2. The minimum absolute atomic E-state index is 0.127. The van der Waals surface area contributed by atoms with E-state index in [1.54, 1.807) is 9.80 Å². The molecule has 0 aromatic heterocycles. The van der Waals surface area contributed by atoms with Crippen LogP contribution in [-0.4, -0.2) is 86.1 Å². The van der Waals surface area contributed by atoms with Crippen molar-refractivity contribution in [1.29, 1.82) is 0 Å². The number of amides is 3. The minimum Gasteiger partial charge on any atom is -0.447 e. The number of hydrogen-bond donors (Lipinski definition) is 1. The van der Waals surface area contributed by atoms with E-state index in [1.807, 2.05) is 0 Å². The van der Waals surface area contributed by atoms with Crippen molar-refractivity contribution in [2.45, 2.75) is 35.6 Å². The van der Waals surface area contributed by atoms with Crippen molar-refractivity contribution < 1.29 is 35.9 Å². The van der Waals surface area contributed by atoms with Crippen LogP contribution in [0.2, 0.25) is 0 Å². The Bertz CT molecular complexity index is 1200. The zero-order chi connectivity index (χ0) is 25.9. The van der Waals surface area contributed by atoms with Gasteiger partial charge in [-0.05, 0) is 25.0 Å². The maximum absolute atomic E-state index is 14.6. The van der Waals surface area contributed by atoms with Crippen LogP contribution in [0.5, 0.6) is 0 Å². The molecule has 0 atom stereocenters. The zero-order valence-electron chi connectivity index (χ0n) is 19.5. The van der Waals surface area contributed by atoms with E-state index in [2.05, 4.69) is 11.9 Å². The summed E-state index contributed by atoms with van der Waals surface area (Å²) in [5, 5.41) is 2.73. The number of benzene rings is 1. The lowest BCUT2D eigenvalue weighted by molar-refractivity contribution is -0.0320. The number of nitrogens with zero attached hydrogens (tertiary/aromatic N) is 3. The first-order chi connectivity index (χ1) is 16.9. The van der Waals surface area contributed by atoms with Gasteiger partial charge < -0.3 is 19.9 Å². The van der Waals surface area contributed by atoms with Crippen LogP contribution in [0.3, 0.4) is 0 Å². The molecule has 4 saturated heterocycles. The first-order valence-corrected chi connectivity index (χ1v) is 13.1. The van der Waals surface area contributed by atoms with Crippen LogP contribution in [0.4, 0.5) is 22.8 Å². The number of carbonyl (C=O) groups excluding carboxylic acids is 2. The number of urea groups is 1. The second-order valence-corrected chi connectivity index (χ2v) is 12.1. The van der Waals surface area contributed by atoms with Gasteiger partial charge in [-0.3, -0.25) is 0 Å². The van der Waals surface area contributed by atoms with Gasteiger partial charge in [0.15, 0.2) is 0 Å². The summed E-state index contributed by atoms with van der Waals surface area (Å²) in [4.78, 5) is 26.7. The van der Waals surface area contributed by atoms with Gasteiger partial charge in [-0.2, -0.15) is 4.31 Å². The fourth-order valence-electron chi connectivity index (χ4n) is 5.47. The molecule has 1 aromatic carbocycles. The average molecular weight is 529 g/mol. The molecule has 4 aliphatic rings. The van der Waals surface area contributed by atoms with Crippen molar-refractivity contribution >= 4 is 22.1 Å². The number of rotatable bonds is 5. The number of likely N-dealkylation sites (tertiary alicyclic amines) is 2. The van der Waals surface area contributed by atoms with E-state index < -0.39 is 50.3 Å². The Hall–Kier alpha value is -2.80. The van der Waals surface area contributed by atoms with Crippen LogP contribution < -0.4 is 5.32 Å². The Kier molecular flexibility index (Phi) is 5.78. The number of nitrogens with one attached hydrogen (secondary N) is 1. The maximum Gasteiger partial charge on any atom is 0.407 e. The van der Waals surface area contributed by atoms with Crippen LogP contribution in [0.15, 0.2) is 35.7 Å². The van der Waals surface area contributed by atoms with Crippen LogP contribution in [0.1, 0.15) is 24.8 Å². The molecule has 196 valence electrons. The van der Waals surface area contributed by atoms with Crippen molar-refractivity contribution in [3.8, 4) is 0 Å². The molecule has 0 unspecified atom stereocenters. The second-order valence-electron chi connectivity index (χ2n) is 10.2. The molecule has 5 rings (SSSR count). The number of allylic oxidation sites excluding steroid dienone is 1. The van der Waals surface area contributed by atoms with Gasteiger partial charge in [-0.25, -0.2) is 31.2 Å². The Balaban J connectivity index is 1.16. The van der Waals surface area contributed by atoms with E-state index in [4.69, 9.17) is 4.74 Å². The summed E-state index contributed by atoms with van der Waals surface area (Å²) in [5.41, 5.74) is -1.31. The molecule has 4 aliphatic heterocycles. The number of alkyl carbamates (subject to hydrolysis) is 1. The molecule has 3 amide bonds. The minimum atomic E-state index is -4.20. The monoisotopic (exact) mass is 528 g/mol. The molecule has 13 heteroatoms. The summed E-state index contributed by atoms with van der Waals surface area (Å²) in [6.45, 7) is 5.56. The van der Waals surface area contributed by atoms with Gasteiger partial charge in [0, 0.05) is 43.6 Å². The summed E-state index contributed by atoms with van der Waals surface area (Å²) in [7, 11) is -4.20. The van der Waals surface area contributed by atoms with Gasteiger partial charge >= 0.3 is 12.1 Å². The van der Waals surface area contributed by atoms with E-state index in [9.17, 15) is 31.2 Å². The molecule has 1 N–H and O–H groups in total. The molecule has 2 spiro atoms. The molecular formula is C23H27F3N4O5S. The lowest BCUT2D eigenvalue weighted by atomic mass is 9.72. The van der Waals surface area contributed by atoms with E-state index >= 15 is 0 Å². The zero-order valence-corrected chi connectivity index (χ0v) is 20.3. The Morgan fingerprint density at radius 2 is 1.81 bits per heavy atom. The molecular weight excluding hydrogens is 501 g/mol. The number of carbonyl (C=O) groups is 2. The lowest BCUT2D eigenvalue weighted by Crippen LogP contribution is -2.73. The SMILES string of the molecule is C=CCC(F)(F)c1ccc(S(=O)(=O)N2CCC3(CC2)CN(C(=O)N2CC4(COC(=O)N4)C2)C3)c(F)c1. The predicted octanol–water partition coefficient (Wildman–Crippen LogP) is 2.49. The number of ether oxygens (including phenoxy) is 1. The number of cyclic esters (lactones) is 1. The van der Waals surface area contributed by atoms with Crippen LogP contribution in [-0.2, 0) is 20.7 Å². The van der Waals surface area contributed by atoms with E-state index in [0.717, 1.165) is 18.2 Å². The fourth-order valence-corrected chi connectivity index (χ4v) is 6.96. The molecule has 36 heavy (non-hydrogen) atoms. The quantitative estimate of drug-likeness (QED) is 0.593. The van der Waals surface area contributed by atoms with Crippen molar-refractivity contribution in [3.63, 3.8) is 0 Å². The highest BCUT2D eigenvalue weighted by Crippen LogP contribution is 2.43. The van der Waals surface area contributed by atoms with Gasteiger partial charge in [0.05, 0.1) is 13.1 Å². The molecule has 9 nitrogen and oxygen atoms in total. The highest BCUT2D eigenvalue weighted by Gasteiger charge is 2.55. The van der Waals surface area contributed by atoms with Gasteiger partial charge in [0.2, 0.25) is 10.0 Å². The summed E-state index contributed by atoms with van der Waals surface area (Å²) >= 11 is 0. The largest absolute Gasteiger partial charge is 0.447 e. The highest BCUT2D eigenvalue weighted by molar-refractivity contribution is 7.89. The molecule has 4 heterocycles. The number of hydrogen-bond acceptors (Lipinski definition) is 5. The van der Waals surface area contributed by atoms with Gasteiger partial charge in [-0.1, -0.05) is 12.1 Å². The smallest absolute Gasteiger partial charge is 0.407 e. The number of piperidine rings is 1. The third kappa shape index (κ3) is 4.11. The van der Waals surface area contributed by atoms with Crippen LogP contribution in [0, 0.1) is 11.2 Å². The average Bonchev–Trinajstić information content (AvgIpc) is 3.18. The Morgan fingerprint density at radius 3 is 2.36 bits per heavy atom. The van der Waals surface area contributed by atoms with E-state index in [1.165, 1.54) is 4.31 Å². The number of halogens is 3. The molecule has 0 saturated carbocycles. The normalized spacial score (nSPS) is 23.1. The van der Waals surface area contributed by atoms with Crippen molar-refractivity contribution in [3.05, 3.63) is 42.2 Å². The van der Waals surface area contributed by atoms with Crippen molar-refractivity contribution in [2.75, 3.05) is 45.9 Å². The summed E-state index contributed by atoms with van der Waals surface area (Å²) in [6.07, 6.45) is 0.858. The molecule has 0 aliphatic carbocycles. The first kappa shape index (κ1) is 24.9. The second kappa shape index (κ2) is 8.37.